The molecule has 0 bridgehead atoms. The molecule has 1 heterocycles. The van der Waals surface area contributed by atoms with Gasteiger partial charge in [0.2, 0.25) is 0 Å². The van der Waals surface area contributed by atoms with Gasteiger partial charge < -0.3 is 0 Å². The average molecular weight is 164 g/mol. The van der Waals surface area contributed by atoms with E-state index in [1.54, 1.807) is 0 Å². The first-order chi connectivity index (χ1) is 5.61. The van der Waals surface area contributed by atoms with Crippen LogP contribution >= 0.6 is 0 Å². The van der Waals surface area contributed by atoms with E-state index in [2.05, 4.69) is 27.0 Å². The van der Waals surface area contributed by atoms with E-state index < -0.39 is 0 Å². The Bertz CT molecular complexity index is 276. The van der Waals surface area contributed by atoms with Crippen molar-refractivity contribution < 1.29 is 0 Å². The van der Waals surface area contributed by atoms with E-state index in [1.807, 2.05) is 20.8 Å². The summed E-state index contributed by atoms with van der Waals surface area (Å²) in [5.74, 6) is 1.45. The molecule has 0 aromatic carbocycles. The van der Waals surface area contributed by atoms with Gasteiger partial charge in [-0.2, -0.15) is 0 Å². The van der Waals surface area contributed by atoms with Crippen molar-refractivity contribution in [3.63, 3.8) is 0 Å². The second-order valence-corrected chi connectivity index (χ2v) is 3.02. The molecule has 0 spiro atoms. The van der Waals surface area contributed by atoms with Crippen molar-refractivity contribution in [1.29, 1.82) is 0 Å². The summed E-state index contributed by atoms with van der Waals surface area (Å²) in [5.41, 5.74) is 0.783. The summed E-state index contributed by atoms with van der Waals surface area (Å²) >= 11 is 0. The van der Waals surface area contributed by atoms with E-state index in [9.17, 15) is 0 Å². The molecule has 4 heteroatoms. The molecule has 0 atom stereocenters. The summed E-state index contributed by atoms with van der Waals surface area (Å²) in [6.07, 6.45) is 0. The zero-order valence-electron chi connectivity index (χ0n) is 7.57. The lowest BCUT2D eigenvalue weighted by atomic mass is 10.2. The van der Waals surface area contributed by atoms with Crippen molar-refractivity contribution in [2.45, 2.75) is 26.7 Å². The van der Waals surface area contributed by atoms with Gasteiger partial charge in [-0.1, -0.05) is 20.4 Å². The molecule has 12 heavy (non-hydrogen) atoms. The molecule has 1 aromatic heterocycles. The van der Waals surface area contributed by atoms with Gasteiger partial charge in [-0.3, -0.25) is 0 Å². The lowest BCUT2D eigenvalue weighted by Crippen LogP contribution is -2.05. The van der Waals surface area contributed by atoms with Crippen LogP contribution in [0.2, 0.25) is 0 Å². The van der Waals surface area contributed by atoms with Crippen molar-refractivity contribution in [2.75, 3.05) is 0 Å². The third-order valence-corrected chi connectivity index (χ3v) is 1.39. The zero-order chi connectivity index (χ0) is 9.14. The molecule has 0 N–H and O–H groups in total. The summed E-state index contributed by atoms with van der Waals surface area (Å²) in [6, 6.07) is 0. The topological polar surface area (TPSA) is 51.6 Å². The standard InChI is InChI=1S/C8H12N4/c1-5(2)7-9-11-8(6(3)4)12-10-7/h6H,1H2,2-4H3. The van der Waals surface area contributed by atoms with E-state index in [4.69, 9.17) is 0 Å². The predicted molar refractivity (Wildman–Crippen MR) is 46.4 cm³/mol. The van der Waals surface area contributed by atoms with E-state index in [-0.39, 0.29) is 5.92 Å². The Morgan fingerprint density at radius 1 is 1.17 bits per heavy atom. The Hall–Kier alpha value is -1.32. The van der Waals surface area contributed by atoms with Gasteiger partial charge >= 0.3 is 0 Å². The fourth-order valence-corrected chi connectivity index (χ4v) is 0.639. The minimum Gasteiger partial charge on any atom is -0.131 e. The van der Waals surface area contributed by atoms with Crippen LogP contribution in [0.25, 0.3) is 5.57 Å². The summed E-state index contributed by atoms with van der Waals surface area (Å²) in [4.78, 5) is 0. The molecular formula is C8H12N4. The molecule has 1 aromatic rings. The third-order valence-electron chi connectivity index (χ3n) is 1.39. The highest BCUT2D eigenvalue weighted by Crippen LogP contribution is 2.06. The highest BCUT2D eigenvalue weighted by atomic mass is 15.3. The highest BCUT2D eigenvalue weighted by molar-refractivity contribution is 5.52. The first-order valence-corrected chi connectivity index (χ1v) is 3.84. The Morgan fingerprint density at radius 3 is 2.00 bits per heavy atom. The van der Waals surface area contributed by atoms with Gasteiger partial charge in [-0.25, -0.2) is 0 Å². The minimum atomic E-state index is 0.268. The number of aromatic nitrogens is 4. The van der Waals surface area contributed by atoms with Crippen LogP contribution in [-0.4, -0.2) is 20.4 Å². The number of rotatable bonds is 2. The fourth-order valence-electron chi connectivity index (χ4n) is 0.639. The molecule has 0 aliphatic carbocycles. The summed E-state index contributed by atoms with van der Waals surface area (Å²) < 4.78 is 0. The first-order valence-electron chi connectivity index (χ1n) is 3.84. The molecule has 0 aliphatic heterocycles. The quantitative estimate of drug-likeness (QED) is 0.663. The van der Waals surface area contributed by atoms with Gasteiger partial charge in [-0.05, 0) is 12.5 Å². The second kappa shape index (κ2) is 3.38. The normalized spacial score (nSPS) is 10.3. The molecule has 0 saturated heterocycles. The van der Waals surface area contributed by atoms with Crippen LogP contribution in [0.3, 0.4) is 0 Å². The zero-order valence-corrected chi connectivity index (χ0v) is 7.57. The van der Waals surface area contributed by atoms with Crippen LogP contribution in [0, 0.1) is 0 Å². The molecule has 0 unspecified atom stereocenters. The lowest BCUT2D eigenvalue weighted by Gasteiger charge is -2.00. The van der Waals surface area contributed by atoms with Crippen LogP contribution in [-0.2, 0) is 0 Å². The summed E-state index contributed by atoms with van der Waals surface area (Å²) in [5, 5.41) is 15.6. The Balaban J connectivity index is 2.93. The average Bonchev–Trinajstić information content (AvgIpc) is 2.04. The van der Waals surface area contributed by atoms with Crippen molar-refractivity contribution in [3.8, 4) is 0 Å². The molecule has 64 valence electrons. The Morgan fingerprint density at radius 2 is 1.67 bits per heavy atom. The minimum absolute atomic E-state index is 0.268. The van der Waals surface area contributed by atoms with Crippen LogP contribution in [0.5, 0.6) is 0 Å². The molecule has 4 nitrogen and oxygen atoms in total. The smallest absolute Gasteiger partial charge is 0.131 e. The van der Waals surface area contributed by atoms with Crippen LogP contribution in [0.1, 0.15) is 38.3 Å². The summed E-state index contributed by atoms with van der Waals surface area (Å²) in [7, 11) is 0. The predicted octanol–water partition coefficient (Wildman–Crippen LogP) is 1.42. The van der Waals surface area contributed by atoms with Crippen molar-refractivity contribution >= 4 is 5.57 Å². The maximum Gasteiger partial charge on any atom is 0.198 e. The second-order valence-electron chi connectivity index (χ2n) is 3.02. The van der Waals surface area contributed by atoms with Crippen LogP contribution < -0.4 is 0 Å². The lowest BCUT2D eigenvalue weighted by molar-refractivity contribution is 0.682. The maximum absolute atomic E-state index is 3.92. The van der Waals surface area contributed by atoms with E-state index >= 15 is 0 Å². The molecule has 1 rings (SSSR count). The van der Waals surface area contributed by atoms with Gasteiger partial charge in [0.25, 0.3) is 0 Å². The van der Waals surface area contributed by atoms with Gasteiger partial charge in [0, 0.05) is 5.92 Å². The number of hydrogen-bond donors (Lipinski definition) is 0. The SMILES string of the molecule is C=C(C)c1nnc(C(C)C)nn1. The highest BCUT2D eigenvalue weighted by Gasteiger charge is 2.04. The van der Waals surface area contributed by atoms with E-state index in [0.717, 1.165) is 5.57 Å². The molecule has 0 fully saturated rings. The van der Waals surface area contributed by atoms with Crippen molar-refractivity contribution in [3.05, 3.63) is 18.2 Å². The van der Waals surface area contributed by atoms with Crippen LogP contribution in [0.4, 0.5) is 0 Å². The third kappa shape index (κ3) is 1.84. The first kappa shape index (κ1) is 8.77. The Kier molecular flexibility index (Phi) is 2.47. The molecule has 0 amide bonds. The monoisotopic (exact) mass is 164 g/mol. The number of allylic oxidation sites excluding steroid dienone is 1. The number of hydrogen-bond acceptors (Lipinski definition) is 4. The van der Waals surface area contributed by atoms with Gasteiger partial charge in [0.1, 0.15) is 0 Å². The van der Waals surface area contributed by atoms with Crippen LogP contribution in [0.15, 0.2) is 6.58 Å². The molecule has 0 aliphatic rings. The Labute approximate surface area is 71.7 Å². The van der Waals surface area contributed by atoms with E-state index in [0.29, 0.717) is 11.6 Å². The number of nitrogens with zero attached hydrogens (tertiary/aromatic N) is 4. The molecular weight excluding hydrogens is 152 g/mol. The van der Waals surface area contributed by atoms with Gasteiger partial charge in [0.05, 0.1) is 0 Å². The van der Waals surface area contributed by atoms with E-state index in [1.165, 1.54) is 0 Å². The van der Waals surface area contributed by atoms with Gasteiger partial charge in [-0.15, -0.1) is 20.4 Å². The molecule has 0 radical (unpaired) electrons. The van der Waals surface area contributed by atoms with Gasteiger partial charge in [0.15, 0.2) is 11.6 Å². The maximum atomic E-state index is 3.92. The largest absolute Gasteiger partial charge is 0.198 e. The fraction of sp³-hybridized carbons (Fsp3) is 0.500. The summed E-state index contributed by atoms with van der Waals surface area (Å²) in [6.45, 7) is 9.52. The molecule has 0 saturated carbocycles. The van der Waals surface area contributed by atoms with Crippen molar-refractivity contribution in [1.82, 2.24) is 20.4 Å². The van der Waals surface area contributed by atoms with Crippen molar-refractivity contribution in [2.24, 2.45) is 0 Å².